The van der Waals surface area contributed by atoms with E-state index in [0.717, 1.165) is 25.2 Å². The van der Waals surface area contributed by atoms with Crippen molar-refractivity contribution in [2.24, 2.45) is 16.7 Å². The van der Waals surface area contributed by atoms with Crippen LogP contribution in [0.5, 0.6) is 0 Å². The van der Waals surface area contributed by atoms with Crippen molar-refractivity contribution < 1.29 is 4.42 Å². The molecule has 4 aliphatic rings. The standard InChI is InChI=1S/C14H20N2O2/c1-12-3-9-4-13(2,6-12)8-14(5-9,7-12)10-15-16-11(17)18-10/h9H,3-8H2,1-2H3,(H,16,17). The lowest BCUT2D eigenvalue weighted by atomic mass is 9.40. The smallest absolute Gasteiger partial charge is 0.392 e. The molecule has 1 aromatic heterocycles. The molecule has 1 N–H and O–H groups in total. The quantitative estimate of drug-likeness (QED) is 0.831. The minimum absolute atomic E-state index is 0.0298. The molecule has 0 aromatic carbocycles. The van der Waals surface area contributed by atoms with Crippen molar-refractivity contribution in [3.05, 3.63) is 16.4 Å². The third-order valence-corrected chi connectivity index (χ3v) is 5.52. The third-order valence-electron chi connectivity index (χ3n) is 5.52. The molecule has 0 radical (unpaired) electrons. The van der Waals surface area contributed by atoms with Gasteiger partial charge in [0.15, 0.2) is 0 Å². The summed E-state index contributed by atoms with van der Waals surface area (Å²) in [6.45, 7) is 4.82. The monoisotopic (exact) mass is 248 g/mol. The summed E-state index contributed by atoms with van der Waals surface area (Å²) in [6.07, 6.45) is 7.45. The van der Waals surface area contributed by atoms with Crippen LogP contribution < -0.4 is 5.76 Å². The summed E-state index contributed by atoms with van der Waals surface area (Å²) in [6, 6.07) is 0. The van der Waals surface area contributed by atoms with Gasteiger partial charge in [-0.3, -0.25) is 0 Å². The van der Waals surface area contributed by atoms with Gasteiger partial charge in [-0.05, 0) is 55.3 Å². The average Bonchev–Trinajstić information content (AvgIpc) is 2.59. The maximum atomic E-state index is 11.3. The van der Waals surface area contributed by atoms with Gasteiger partial charge in [0.25, 0.3) is 0 Å². The molecule has 0 saturated heterocycles. The van der Waals surface area contributed by atoms with E-state index in [4.69, 9.17) is 4.42 Å². The van der Waals surface area contributed by atoms with E-state index in [1.807, 2.05) is 0 Å². The van der Waals surface area contributed by atoms with Crippen LogP contribution in [-0.2, 0) is 5.41 Å². The maximum absolute atomic E-state index is 11.3. The van der Waals surface area contributed by atoms with Crippen LogP contribution in [-0.4, -0.2) is 10.2 Å². The summed E-state index contributed by atoms with van der Waals surface area (Å²) in [5.74, 6) is 1.06. The van der Waals surface area contributed by atoms with Gasteiger partial charge in [0.05, 0.1) is 0 Å². The molecule has 0 amide bonds. The molecule has 2 unspecified atom stereocenters. The average molecular weight is 248 g/mol. The van der Waals surface area contributed by atoms with Crippen LogP contribution in [0.2, 0.25) is 0 Å². The number of hydrogen-bond acceptors (Lipinski definition) is 3. The summed E-state index contributed by atoms with van der Waals surface area (Å²) >= 11 is 0. The Labute approximate surface area is 106 Å². The zero-order valence-corrected chi connectivity index (χ0v) is 11.1. The molecule has 0 aliphatic heterocycles. The normalized spacial score (nSPS) is 49.8. The van der Waals surface area contributed by atoms with Crippen molar-refractivity contribution >= 4 is 0 Å². The van der Waals surface area contributed by atoms with E-state index >= 15 is 0 Å². The highest BCUT2D eigenvalue weighted by Crippen LogP contribution is 2.69. The van der Waals surface area contributed by atoms with Crippen molar-refractivity contribution in [1.82, 2.24) is 10.2 Å². The van der Waals surface area contributed by atoms with E-state index in [9.17, 15) is 4.79 Å². The minimum Gasteiger partial charge on any atom is -0.392 e. The van der Waals surface area contributed by atoms with E-state index in [-0.39, 0.29) is 5.41 Å². The van der Waals surface area contributed by atoms with Gasteiger partial charge in [0, 0.05) is 5.41 Å². The predicted octanol–water partition coefficient (Wildman–Crippen LogP) is 2.61. The molecular weight excluding hydrogens is 228 g/mol. The van der Waals surface area contributed by atoms with E-state index in [0.29, 0.717) is 16.7 Å². The Balaban J connectivity index is 1.84. The van der Waals surface area contributed by atoms with Crippen LogP contribution in [0.25, 0.3) is 0 Å². The molecule has 18 heavy (non-hydrogen) atoms. The van der Waals surface area contributed by atoms with E-state index < -0.39 is 5.76 Å². The van der Waals surface area contributed by atoms with Gasteiger partial charge in [-0.2, -0.15) is 0 Å². The van der Waals surface area contributed by atoms with Gasteiger partial charge in [-0.25, -0.2) is 9.89 Å². The molecule has 5 rings (SSSR count). The Hall–Kier alpha value is -1.06. The van der Waals surface area contributed by atoms with E-state index in [1.54, 1.807) is 0 Å². The van der Waals surface area contributed by atoms with Gasteiger partial charge in [0.1, 0.15) is 0 Å². The fourth-order valence-corrected chi connectivity index (χ4v) is 6.14. The second kappa shape index (κ2) is 2.91. The van der Waals surface area contributed by atoms with Gasteiger partial charge in [-0.1, -0.05) is 13.8 Å². The highest BCUT2D eigenvalue weighted by molar-refractivity contribution is 5.19. The first-order chi connectivity index (χ1) is 8.41. The van der Waals surface area contributed by atoms with Crippen molar-refractivity contribution in [2.45, 2.75) is 57.8 Å². The molecule has 0 spiro atoms. The van der Waals surface area contributed by atoms with Gasteiger partial charge in [-0.15, -0.1) is 5.10 Å². The number of nitrogens with one attached hydrogen (secondary N) is 1. The summed E-state index contributed by atoms with van der Waals surface area (Å²) in [4.78, 5) is 11.3. The number of H-pyrrole nitrogens is 1. The van der Waals surface area contributed by atoms with Gasteiger partial charge < -0.3 is 4.42 Å². The number of hydrogen-bond donors (Lipinski definition) is 1. The first-order valence-electron chi connectivity index (χ1n) is 6.97. The lowest BCUT2D eigenvalue weighted by molar-refractivity contribution is -0.117. The molecule has 98 valence electrons. The lowest BCUT2D eigenvalue weighted by Crippen LogP contribution is -2.57. The Kier molecular flexibility index (Phi) is 1.75. The SMILES string of the molecule is CC12CC3CC(C)(C1)CC(c1n[nH]c(=O)o1)(C3)C2. The fourth-order valence-electron chi connectivity index (χ4n) is 6.14. The van der Waals surface area contributed by atoms with Crippen molar-refractivity contribution in [1.29, 1.82) is 0 Å². The third kappa shape index (κ3) is 1.32. The number of nitrogens with zero attached hydrogens (tertiary/aromatic N) is 1. The van der Waals surface area contributed by atoms with Crippen molar-refractivity contribution in [3.63, 3.8) is 0 Å². The molecule has 4 saturated carbocycles. The Bertz CT molecular complexity index is 540. The van der Waals surface area contributed by atoms with Crippen LogP contribution in [0.15, 0.2) is 9.21 Å². The van der Waals surface area contributed by atoms with Crippen LogP contribution in [0.1, 0.15) is 58.3 Å². The maximum Gasteiger partial charge on any atom is 0.434 e. The molecule has 4 nitrogen and oxygen atoms in total. The molecule has 1 heterocycles. The summed E-state index contributed by atoms with van der Waals surface area (Å²) in [5.41, 5.74) is 0.874. The zero-order valence-electron chi connectivity index (χ0n) is 11.1. The van der Waals surface area contributed by atoms with Crippen LogP contribution in [0, 0.1) is 16.7 Å². The molecular formula is C14H20N2O2. The largest absolute Gasteiger partial charge is 0.434 e. The Morgan fingerprint density at radius 2 is 1.83 bits per heavy atom. The van der Waals surface area contributed by atoms with Crippen LogP contribution in [0.3, 0.4) is 0 Å². The topological polar surface area (TPSA) is 58.9 Å². The number of aromatic nitrogens is 2. The first kappa shape index (κ1) is 10.8. The molecule has 1 aromatic rings. The second-order valence-electron chi connectivity index (χ2n) is 7.83. The zero-order chi connectivity index (χ0) is 12.6. The molecule has 4 heteroatoms. The number of rotatable bonds is 1. The Morgan fingerprint density at radius 3 is 2.33 bits per heavy atom. The van der Waals surface area contributed by atoms with Gasteiger partial charge >= 0.3 is 5.76 Å². The minimum atomic E-state index is -0.406. The van der Waals surface area contributed by atoms with Crippen LogP contribution in [0.4, 0.5) is 0 Å². The lowest BCUT2D eigenvalue weighted by Gasteiger charge is -2.64. The molecule has 2 atom stereocenters. The van der Waals surface area contributed by atoms with Crippen molar-refractivity contribution in [3.8, 4) is 0 Å². The molecule has 4 bridgehead atoms. The summed E-state index contributed by atoms with van der Waals surface area (Å²) < 4.78 is 5.34. The summed E-state index contributed by atoms with van der Waals surface area (Å²) in [7, 11) is 0. The van der Waals surface area contributed by atoms with E-state index in [1.165, 1.54) is 19.3 Å². The molecule has 4 aliphatic carbocycles. The summed E-state index contributed by atoms with van der Waals surface area (Å²) in [5, 5.41) is 6.61. The Morgan fingerprint density at radius 1 is 1.17 bits per heavy atom. The highest BCUT2D eigenvalue weighted by Gasteiger charge is 2.62. The highest BCUT2D eigenvalue weighted by atomic mass is 16.4. The second-order valence-corrected chi connectivity index (χ2v) is 7.83. The van der Waals surface area contributed by atoms with Crippen LogP contribution >= 0.6 is 0 Å². The first-order valence-corrected chi connectivity index (χ1v) is 6.97. The molecule has 4 fully saturated rings. The number of aromatic amines is 1. The van der Waals surface area contributed by atoms with Crippen molar-refractivity contribution in [2.75, 3.05) is 0 Å². The van der Waals surface area contributed by atoms with Gasteiger partial charge in [0.2, 0.25) is 5.89 Å². The van der Waals surface area contributed by atoms with E-state index in [2.05, 4.69) is 24.0 Å². The fraction of sp³-hybridized carbons (Fsp3) is 0.857. The predicted molar refractivity (Wildman–Crippen MR) is 66.2 cm³/mol.